The van der Waals surface area contributed by atoms with Crippen molar-refractivity contribution >= 4 is 22.7 Å². The van der Waals surface area contributed by atoms with E-state index in [0.29, 0.717) is 13.1 Å². The second-order valence-corrected chi connectivity index (χ2v) is 5.64. The molecule has 0 saturated carbocycles. The Morgan fingerprint density at radius 1 is 1.25 bits per heavy atom. The average Bonchev–Trinajstić information content (AvgIpc) is 2.32. The fraction of sp³-hybridized carbons (Fsp3) is 0.375. The van der Waals surface area contributed by atoms with Gasteiger partial charge in [-0.2, -0.15) is 0 Å². The van der Waals surface area contributed by atoms with E-state index in [1.807, 2.05) is 4.90 Å². The molecule has 3 rings (SSSR count). The third kappa shape index (κ3) is 1.92. The molecule has 1 saturated heterocycles. The predicted molar refractivity (Wildman–Crippen MR) is 79.3 cm³/mol. The number of rotatable bonds is 2. The van der Waals surface area contributed by atoms with E-state index in [0.717, 1.165) is 11.3 Å². The Kier molecular flexibility index (Phi) is 2.89. The lowest BCUT2D eigenvalue weighted by molar-refractivity contribution is -0.142. The average molecular weight is 270 g/mol. The number of anilines is 1. The van der Waals surface area contributed by atoms with Crippen molar-refractivity contribution in [3.8, 4) is 0 Å². The first-order valence-electron chi connectivity index (χ1n) is 6.82. The van der Waals surface area contributed by atoms with Gasteiger partial charge in [-0.25, -0.2) is 4.98 Å². The number of hydrogen-bond acceptors (Lipinski definition) is 3. The van der Waals surface area contributed by atoms with Gasteiger partial charge in [0.25, 0.3) is 0 Å². The van der Waals surface area contributed by atoms with Crippen LogP contribution < -0.4 is 4.90 Å². The largest absolute Gasteiger partial charge is 0.481 e. The van der Waals surface area contributed by atoms with Gasteiger partial charge in [0.05, 0.1) is 11.4 Å². The van der Waals surface area contributed by atoms with Gasteiger partial charge in [0.15, 0.2) is 0 Å². The maximum Gasteiger partial charge on any atom is 0.310 e. The van der Waals surface area contributed by atoms with E-state index < -0.39 is 5.97 Å². The van der Waals surface area contributed by atoms with Crippen LogP contribution in [0.1, 0.15) is 16.7 Å². The summed E-state index contributed by atoms with van der Waals surface area (Å²) in [5.74, 6) is -0.0848. The highest BCUT2D eigenvalue weighted by Crippen LogP contribution is 2.29. The first kappa shape index (κ1) is 12.9. The lowest BCUT2D eigenvalue weighted by atomic mass is 9.99. The minimum absolute atomic E-state index is 0.258. The molecule has 1 aromatic heterocycles. The molecule has 1 N–H and O–H groups in total. The van der Waals surface area contributed by atoms with E-state index in [2.05, 4.69) is 39.0 Å². The number of aliphatic carboxylic acids is 1. The summed E-state index contributed by atoms with van der Waals surface area (Å²) in [5, 5.41) is 10.1. The molecule has 1 fully saturated rings. The third-order valence-electron chi connectivity index (χ3n) is 4.25. The number of pyridine rings is 1. The molecule has 0 atom stereocenters. The fourth-order valence-corrected chi connectivity index (χ4v) is 2.67. The Morgan fingerprint density at radius 2 is 1.95 bits per heavy atom. The predicted octanol–water partition coefficient (Wildman–Crippen LogP) is 2.68. The van der Waals surface area contributed by atoms with Gasteiger partial charge in [0, 0.05) is 18.5 Å². The van der Waals surface area contributed by atoms with Crippen LogP contribution in [0, 0.1) is 26.7 Å². The minimum Gasteiger partial charge on any atom is -0.481 e. The Balaban J connectivity index is 2.02. The van der Waals surface area contributed by atoms with Crippen LogP contribution in [-0.4, -0.2) is 29.1 Å². The molecule has 1 aliphatic rings. The molecule has 1 aliphatic heterocycles. The molecule has 2 heterocycles. The topological polar surface area (TPSA) is 53.4 Å². The number of benzene rings is 1. The highest BCUT2D eigenvalue weighted by Gasteiger charge is 2.33. The van der Waals surface area contributed by atoms with Crippen LogP contribution in [0.3, 0.4) is 0 Å². The Labute approximate surface area is 118 Å². The Bertz CT molecular complexity index is 703. The smallest absolute Gasteiger partial charge is 0.310 e. The standard InChI is InChI=1S/C16H18N2O2/c1-9-4-5-13-10(2)6-14(17-15(13)11(9)3)18-7-12(8-18)16(19)20/h4-6,12H,7-8H2,1-3H3,(H,19,20). The van der Waals surface area contributed by atoms with Gasteiger partial charge in [-0.05, 0) is 43.5 Å². The zero-order chi connectivity index (χ0) is 14.4. The van der Waals surface area contributed by atoms with Crippen molar-refractivity contribution in [3.05, 3.63) is 34.9 Å². The second kappa shape index (κ2) is 4.47. The molecule has 0 spiro atoms. The summed E-state index contributed by atoms with van der Waals surface area (Å²) < 4.78 is 0. The SMILES string of the molecule is Cc1ccc2c(C)cc(N3CC(C(=O)O)C3)nc2c1C. The summed E-state index contributed by atoms with van der Waals surface area (Å²) in [4.78, 5) is 17.7. The van der Waals surface area contributed by atoms with Crippen molar-refractivity contribution in [2.45, 2.75) is 20.8 Å². The van der Waals surface area contributed by atoms with E-state index in [9.17, 15) is 4.79 Å². The molecule has 0 unspecified atom stereocenters. The number of hydrogen-bond donors (Lipinski definition) is 1. The van der Waals surface area contributed by atoms with E-state index in [1.165, 1.54) is 22.1 Å². The van der Waals surface area contributed by atoms with Gasteiger partial charge in [0.1, 0.15) is 5.82 Å². The molecule has 4 heteroatoms. The van der Waals surface area contributed by atoms with Crippen LogP contribution in [0.25, 0.3) is 10.9 Å². The van der Waals surface area contributed by atoms with Crippen molar-refractivity contribution in [2.75, 3.05) is 18.0 Å². The van der Waals surface area contributed by atoms with Crippen molar-refractivity contribution < 1.29 is 9.90 Å². The number of fused-ring (bicyclic) bond motifs is 1. The zero-order valence-corrected chi connectivity index (χ0v) is 12.0. The first-order chi connectivity index (χ1) is 9.47. The number of aromatic nitrogens is 1. The lowest BCUT2D eigenvalue weighted by Gasteiger charge is -2.38. The lowest BCUT2D eigenvalue weighted by Crippen LogP contribution is -2.50. The van der Waals surface area contributed by atoms with Crippen molar-refractivity contribution in [3.63, 3.8) is 0 Å². The summed E-state index contributed by atoms with van der Waals surface area (Å²) in [6.45, 7) is 7.36. The number of carboxylic acids is 1. The van der Waals surface area contributed by atoms with Crippen molar-refractivity contribution in [1.82, 2.24) is 4.98 Å². The monoisotopic (exact) mass is 270 g/mol. The number of carboxylic acid groups (broad SMARTS) is 1. The van der Waals surface area contributed by atoms with Gasteiger partial charge < -0.3 is 10.0 Å². The van der Waals surface area contributed by atoms with Crippen LogP contribution in [-0.2, 0) is 4.79 Å². The zero-order valence-electron chi connectivity index (χ0n) is 12.0. The number of carbonyl (C=O) groups is 1. The van der Waals surface area contributed by atoms with Gasteiger partial charge in [0.2, 0.25) is 0 Å². The van der Waals surface area contributed by atoms with Gasteiger partial charge in [-0.3, -0.25) is 4.79 Å². The van der Waals surface area contributed by atoms with Crippen LogP contribution in [0.5, 0.6) is 0 Å². The fourth-order valence-electron chi connectivity index (χ4n) is 2.67. The van der Waals surface area contributed by atoms with E-state index in [4.69, 9.17) is 10.1 Å². The van der Waals surface area contributed by atoms with Crippen LogP contribution in [0.4, 0.5) is 5.82 Å². The molecule has 20 heavy (non-hydrogen) atoms. The summed E-state index contributed by atoms with van der Waals surface area (Å²) in [7, 11) is 0. The Hall–Kier alpha value is -2.10. The second-order valence-electron chi connectivity index (χ2n) is 5.64. The van der Waals surface area contributed by atoms with Gasteiger partial charge in [-0.15, -0.1) is 0 Å². The molecule has 4 nitrogen and oxygen atoms in total. The third-order valence-corrected chi connectivity index (χ3v) is 4.25. The first-order valence-corrected chi connectivity index (χ1v) is 6.82. The quantitative estimate of drug-likeness (QED) is 0.911. The molecule has 0 amide bonds. The molecule has 104 valence electrons. The normalized spacial score (nSPS) is 15.4. The van der Waals surface area contributed by atoms with Gasteiger partial charge >= 0.3 is 5.97 Å². The molecule has 1 aromatic carbocycles. The summed E-state index contributed by atoms with van der Waals surface area (Å²) in [5.41, 5.74) is 4.64. The van der Waals surface area contributed by atoms with E-state index >= 15 is 0 Å². The number of aryl methyl sites for hydroxylation is 3. The van der Waals surface area contributed by atoms with Crippen LogP contribution in [0.2, 0.25) is 0 Å². The van der Waals surface area contributed by atoms with Crippen molar-refractivity contribution in [1.29, 1.82) is 0 Å². The highest BCUT2D eigenvalue weighted by molar-refractivity contribution is 5.87. The van der Waals surface area contributed by atoms with Crippen molar-refractivity contribution in [2.24, 2.45) is 5.92 Å². The minimum atomic E-state index is -0.717. The van der Waals surface area contributed by atoms with E-state index in [1.54, 1.807) is 0 Å². The molecule has 2 aromatic rings. The van der Waals surface area contributed by atoms with Gasteiger partial charge in [-0.1, -0.05) is 12.1 Å². The maximum atomic E-state index is 10.9. The van der Waals surface area contributed by atoms with Crippen LogP contribution >= 0.6 is 0 Å². The molecule has 0 radical (unpaired) electrons. The van der Waals surface area contributed by atoms with E-state index in [-0.39, 0.29) is 5.92 Å². The summed E-state index contributed by atoms with van der Waals surface area (Å²) in [6, 6.07) is 6.28. The highest BCUT2D eigenvalue weighted by atomic mass is 16.4. The molecule has 0 bridgehead atoms. The molecular weight excluding hydrogens is 252 g/mol. The molecular formula is C16H18N2O2. The summed E-state index contributed by atoms with van der Waals surface area (Å²) >= 11 is 0. The summed E-state index contributed by atoms with van der Waals surface area (Å²) in [6.07, 6.45) is 0. The number of nitrogens with zero attached hydrogens (tertiary/aromatic N) is 2. The van der Waals surface area contributed by atoms with Crippen LogP contribution in [0.15, 0.2) is 18.2 Å². The molecule has 0 aliphatic carbocycles. The maximum absolute atomic E-state index is 10.9. The Morgan fingerprint density at radius 3 is 2.60 bits per heavy atom.